The number of hydrogen-bond donors (Lipinski definition) is 1. The standard InChI is InChI=1S/C14H13NO3/c1-9-3-5-12(7-10(9)2)18-13-6-4-11(8-15-13)14(16)17/h3-8H,1-2H3,(H,16,17). The summed E-state index contributed by atoms with van der Waals surface area (Å²) in [5.74, 6) is 0.0668. The number of rotatable bonds is 3. The molecule has 18 heavy (non-hydrogen) atoms. The van der Waals surface area contributed by atoms with Gasteiger partial charge >= 0.3 is 5.97 Å². The third kappa shape index (κ3) is 2.66. The number of ether oxygens (including phenoxy) is 1. The van der Waals surface area contributed by atoms with Gasteiger partial charge in [0.05, 0.1) is 5.56 Å². The van der Waals surface area contributed by atoms with Gasteiger partial charge in [0.25, 0.3) is 0 Å². The average Bonchev–Trinajstić information content (AvgIpc) is 2.34. The predicted molar refractivity (Wildman–Crippen MR) is 67.2 cm³/mol. The number of aromatic carboxylic acids is 1. The van der Waals surface area contributed by atoms with Crippen LogP contribution in [0.3, 0.4) is 0 Å². The minimum atomic E-state index is -1.000. The van der Waals surface area contributed by atoms with Crippen molar-refractivity contribution in [3.8, 4) is 11.6 Å². The number of nitrogens with zero attached hydrogens (tertiary/aromatic N) is 1. The quantitative estimate of drug-likeness (QED) is 0.899. The largest absolute Gasteiger partial charge is 0.478 e. The zero-order valence-electron chi connectivity index (χ0n) is 10.2. The van der Waals surface area contributed by atoms with Crippen LogP contribution < -0.4 is 4.74 Å². The molecule has 0 aliphatic heterocycles. The van der Waals surface area contributed by atoms with Gasteiger partial charge in [0.2, 0.25) is 5.88 Å². The van der Waals surface area contributed by atoms with E-state index in [1.165, 1.54) is 17.8 Å². The van der Waals surface area contributed by atoms with E-state index in [-0.39, 0.29) is 5.56 Å². The molecule has 0 aliphatic rings. The zero-order chi connectivity index (χ0) is 13.1. The normalized spacial score (nSPS) is 10.1. The molecular weight excluding hydrogens is 230 g/mol. The van der Waals surface area contributed by atoms with Gasteiger partial charge < -0.3 is 9.84 Å². The van der Waals surface area contributed by atoms with Crippen molar-refractivity contribution in [1.29, 1.82) is 0 Å². The summed E-state index contributed by atoms with van der Waals surface area (Å²) in [6.45, 7) is 4.03. The van der Waals surface area contributed by atoms with Gasteiger partial charge in [0.15, 0.2) is 0 Å². The molecule has 0 radical (unpaired) electrons. The second-order valence-electron chi connectivity index (χ2n) is 4.04. The number of hydrogen-bond acceptors (Lipinski definition) is 3. The molecule has 2 aromatic rings. The third-order valence-electron chi connectivity index (χ3n) is 2.68. The highest BCUT2D eigenvalue weighted by atomic mass is 16.5. The third-order valence-corrected chi connectivity index (χ3v) is 2.68. The second-order valence-corrected chi connectivity index (χ2v) is 4.04. The number of carboxylic acid groups (broad SMARTS) is 1. The average molecular weight is 243 g/mol. The molecule has 92 valence electrons. The van der Waals surface area contributed by atoms with E-state index in [4.69, 9.17) is 9.84 Å². The lowest BCUT2D eigenvalue weighted by atomic mass is 10.1. The predicted octanol–water partition coefficient (Wildman–Crippen LogP) is 3.19. The van der Waals surface area contributed by atoms with E-state index in [1.54, 1.807) is 6.07 Å². The lowest BCUT2D eigenvalue weighted by Gasteiger charge is -2.07. The molecule has 0 fully saturated rings. The van der Waals surface area contributed by atoms with Crippen LogP contribution in [0.2, 0.25) is 0 Å². The highest BCUT2D eigenvalue weighted by molar-refractivity contribution is 5.87. The van der Waals surface area contributed by atoms with Gasteiger partial charge in [-0.1, -0.05) is 6.07 Å². The zero-order valence-corrected chi connectivity index (χ0v) is 10.2. The van der Waals surface area contributed by atoms with E-state index in [0.29, 0.717) is 11.6 Å². The molecule has 1 aromatic carbocycles. The summed E-state index contributed by atoms with van der Waals surface area (Å²) < 4.78 is 5.54. The number of carbonyl (C=O) groups is 1. The topological polar surface area (TPSA) is 59.4 Å². The maximum Gasteiger partial charge on any atom is 0.337 e. The SMILES string of the molecule is Cc1ccc(Oc2ccc(C(=O)O)cn2)cc1C. The summed E-state index contributed by atoms with van der Waals surface area (Å²) in [6, 6.07) is 8.75. The highest BCUT2D eigenvalue weighted by Crippen LogP contribution is 2.22. The molecule has 4 nitrogen and oxygen atoms in total. The van der Waals surface area contributed by atoms with Gasteiger partial charge in [0.1, 0.15) is 5.75 Å². The maximum atomic E-state index is 10.7. The summed E-state index contributed by atoms with van der Waals surface area (Å²) in [6.07, 6.45) is 1.28. The molecule has 0 atom stereocenters. The lowest BCUT2D eigenvalue weighted by Crippen LogP contribution is -1.97. The molecule has 0 saturated carbocycles. The summed E-state index contributed by atoms with van der Waals surface area (Å²) in [7, 11) is 0. The molecule has 0 saturated heterocycles. The molecular formula is C14H13NO3. The fourth-order valence-corrected chi connectivity index (χ4v) is 1.47. The van der Waals surface area contributed by atoms with Crippen LogP contribution in [0.4, 0.5) is 0 Å². The van der Waals surface area contributed by atoms with Crippen molar-refractivity contribution in [3.63, 3.8) is 0 Å². The first-order chi connectivity index (χ1) is 8.56. The Morgan fingerprint density at radius 2 is 1.94 bits per heavy atom. The first kappa shape index (κ1) is 12.1. The molecule has 2 rings (SSSR count). The van der Waals surface area contributed by atoms with Gasteiger partial charge in [0, 0.05) is 12.3 Å². The monoisotopic (exact) mass is 243 g/mol. The Labute approximate surface area is 105 Å². The van der Waals surface area contributed by atoms with Gasteiger partial charge in [-0.05, 0) is 43.2 Å². The van der Waals surface area contributed by atoms with Crippen LogP contribution in [-0.2, 0) is 0 Å². The van der Waals surface area contributed by atoms with E-state index >= 15 is 0 Å². The van der Waals surface area contributed by atoms with Crippen LogP contribution in [-0.4, -0.2) is 16.1 Å². The van der Waals surface area contributed by atoms with Crippen LogP contribution >= 0.6 is 0 Å². The first-order valence-corrected chi connectivity index (χ1v) is 5.51. The smallest absolute Gasteiger partial charge is 0.337 e. The van der Waals surface area contributed by atoms with Gasteiger partial charge in [-0.2, -0.15) is 0 Å². The summed E-state index contributed by atoms with van der Waals surface area (Å²) in [5.41, 5.74) is 2.47. The summed E-state index contributed by atoms with van der Waals surface area (Å²) in [4.78, 5) is 14.6. The highest BCUT2D eigenvalue weighted by Gasteiger charge is 2.04. The van der Waals surface area contributed by atoms with Crippen molar-refractivity contribution in [3.05, 3.63) is 53.2 Å². The molecule has 1 N–H and O–H groups in total. The van der Waals surface area contributed by atoms with Crippen LogP contribution in [0.5, 0.6) is 11.6 Å². The molecule has 1 aromatic heterocycles. The number of aromatic nitrogens is 1. The first-order valence-electron chi connectivity index (χ1n) is 5.51. The Balaban J connectivity index is 2.18. The number of pyridine rings is 1. The van der Waals surface area contributed by atoms with Crippen molar-refractivity contribution >= 4 is 5.97 Å². The van der Waals surface area contributed by atoms with E-state index in [0.717, 1.165) is 5.56 Å². The lowest BCUT2D eigenvalue weighted by molar-refractivity contribution is 0.0696. The molecule has 0 unspecified atom stereocenters. The molecule has 0 spiro atoms. The van der Waals surface area contributed by atoms with Crippen molar-refractivity contribution in [2.24, 2.45) is 0 Å². The molecule has 0 amide bonds. The Morgan fingerprint density at radius 1 is 1.17 bits per heavy atom. The molecule has 1 heterocycles. The molecule has 4 heteroatoms. The number of benzene rings is 1. The van der Waals surface area contributed by atoms with E-state index in [1.807, 2.05) is 32.0 Å². The Bertz CT molecular complexity index is 576. The Hall–Kier alpha value is -2.36. The second kappa shape index (κ2) is 4.87. The van der Waals surface area contributed by atoms with Crippen LogP contribution in [0, 0.1) is 13.8 Å². The molecule has 0 aliphatic carbocycles. The number of carboxylic acids is 1. The Kier molecular flexibility index (Phi) is 3.28. The van der Waals surface area contributed by atoms with Crippen LogP contribution in [0.25, 0.3) is 0 Å². The number of aryl methyl sites for hydroxylation is 2. The van der Waals surface area contributed by atoms with Crippen LogP contribution in [0.15, 0.2) is 36.5 Å². The van der Waals surface area contributed by atoms with E-state index < -0.39 is 5.97 Å². The summed E-state index contributed by atoms with van der Waals surface area (Å²) >= 11 is 0. The van der Waals surface area contributed by atoms with Crippen molar-refractivity contribution in [2.45, 2.75) is 13.8 Å². The molecule has 0 bridgehead atoms. The van der Waals surface area contributed by atoms with Crippen molar-refractivity contribution in [1.82, 2.24) is 4.98 Å². The Morgan fingerprint density at radius 3 is 2.50 bits per heavy atom. The fourth-order valence-electron chi connectivity index (χ4n) is 1.47. The van der Waals surface area contributed by atoms with Gasteiger partial charge in [-0.15, -0.1) is 0 Å². The van der Waals surface area contributed by atoms with Gasteiger partial charge in [-0.3, -0.25) is 0 Å². The van der Waals surface area contributed by atoms with Crippen LogP contribution in [0.1, 0.15) is 21.5 Å². The minimum absolute atomic E-state index is 0.141. The maximum absolute atomic E-state index is 10.7. The van der Waals surface area contributed by atoms with E-state index in [2.05, 4.69) is 4.98 Å². The van der Waals surface area contributed by atoms with Gasteiger partial charge in [-0.25, -0.2) is 9.78 Å². The summed E-state index contributed by atoms with van der Waals surface area (Å²) in [5, 5.41) is 8.75. The van der Waals surface area contributed by atoms with Crippen molar-refractivity contribution in [2.75, 3.05) is 0 Å². The minimum Gasteiger partial charge on any atom is -0.478 e. The fraction of sp³-hybridized carbons (Fsp3) is 0.143. The van der Waals surface area contributed by atoms with E-state index in [9.17, 15) is 4.79 Å². The van der Waals surface area contributed by atoms with Crippen molar-refractivity contribution < 1.29 is 14.6 Å².